The van der Waals surface area contributed by atoms with Crippen LogP contribution < -0.4 is 5.32 Å². The smallest absolute Gasteiger partial charge is 0.306 e. The molecule has 1 rings (SSSR count). The van der Waals surface area contributed by atoms with Crippen LogP contribution in [-0.2, 0) is 9.53 Å². The van der Waals surface area contributed by atoms with Crippen LogP contribution in [0.15, 0.2) is 0 Å². The van der Waals surface area contributed by atoms with Gasteiger partial charge in [-0.05, 0) is 37.6 Å². The van der Waals surface area contributed by atoms with E-state index in [0.29, 0.717) is 17.7 Å². The van der Waals surface area contributed by atoms with Crippen LogP contribution in [0.2, 0.25) is 0 Å². The number of rotatable bonds is 7. The number of methoxy groups -OCH3 is 1. The normalized spacial score (nSPS) is 27.5. The molecule has 1 aliphatic rings. The van der Waals surface area contributed by atoms with Crippen LogP contribution in [0.3, 0.4) is 0 Å². The standard InChI is InChI=1S/C15H29NO2S/c1-5-16-13-7-6-12(11(2)3)10-14(13)19-9-8-15(17)18-4/h11-14,16H,5-10H2,1-4H3. The third-order valence-electron chi connectivity index (χ3n) is 4.11. The Labute approximate surface area is 122 Å². The molecule has 0 amide bonds. The molecule has 0 aliphatic heterocycles. The molecule has 3 atom stereocenters. The average molecular weight is 287 g/mol. The van der Waals surface area contributed by atoms with Crippen LogP contribution >= 0.6 is 11.8 Å². The Morgan fingerprint density at radius 3 is 2.74 bits per heavy atom. The van der Waals surface area contributed by atoms with Crippen molar-refractivity contribution in [3.05, 3.63) is 0 Å². The van der Waals surface area contributed by atoms with Crippen molar-refractivity contribution in [1.29, 1.82) is 0 Å². The van der Waals surface area contributed by atoms with E-state index < -0.39 is 0 Å². The topological polar surface area (TPSA) is 38.3 Å². The highest BCUT2D eigenvalue weighted by Gasteiger charge is 2.31. The lowest BCUT2D eigenvalue weighted by Gasteiger charge is -2.38. The van der Waals surface area contributed by atoms with Crippen molar-refractivity contribution in [3.63, 3.8) is 0 Å². The van der Waals surface area contributed by atoms with Gasteiger partial charge in [0, 0.05) is 17.0 Å². The van der Waals surface area contributed by atoms with E-state index >= 15 is 0 Å². The van der Waals surface area contributed by atoms with Crippen molar-refractivity contribution in [3.8, 4) is 0 Å². The van der Waals surface area contributed by atoms with Crippen molar-refractivity contribution >= 4 is 17.7 Å². The summed E-state index contributed by atoms with van der Waals surface area (Å²) in [4.78, 5) is 11.2. The van der Waals surface area contributed by atoms with E-state index in [1.807, 2.05) is 11.8 Å². The van der Waals surface area contributed by atoms with Gasteiger partial charge in [0.25, 0.3) is 0 Å². The van der Waals surface area contributed by atoms with Crippen molar-refractivity contribution in [2.45, 2.75) is 57.7 Å². The molecule has 3 unspecified atom stereocenters. The van der Waals surface area contributed by atoms with Crippen LogP contribution in [-0.4, -0.2) is 36.7 Å². The maximum Gasteiger partial charge on any atom is 0.306 e. The van der Waals surface area contributed by atoms with Gasteiger partial charge in [0.05, 0.1) is 13.5 Å². The Hall–Kier alpha value is -0.220. The molecule has 1 aliphatic carbocycles. The lowest BCUT2D eigenvalue weighted by Crippen LogP contribution is -2.43. The van der Waals surface area contributed by atoms with Crippen LogP contribution in [0.4, 0.5) is 0 Å². The van der Waals surface area contributed by atoms with Gasteiger partial charge in [0.2, 0.25) is 0 Å². The van der Waals surface area contributed by atoms with E-state index in [1.54, 1.807) is 0 Å². The van der Waals surface area contributed by atoms with Crippen molar-refractivity contribution in [2.75, 3.05) is 19.4 Å². The molecule has 1 fully saturated rings. The Bertz CT molecular complexity index is 271. The Morgan fingerprint density at radius 1 is 1.42 bits per heavy atom. The Morgan fingerprint density at radius 2 is 2.16 bits per heavy atom. The van der Waals surface area contributed by atoms with Gasteiger partial charge in [0.15, 0.2) is 0 Å². The third-order valence-corrected chi connectivity index (χ3v) is 5.50. The predicted octanol–water partition coefficient (Wildman–Crippen LogP) is 3.09. The largest absolute Gasteiger partial charge is 0.469 e. The molecule has 19 heavy (non-hydrogen) atoms. The third kappa shape index (κ3) is 5.74. The monoisotopic (exact) mass is 287 g/mol. The summed E-state index contributed by atoms with van der Waals surface area (Å²) in [6, 6.07) is 0.614. The lowest BCUT2D eigenvalue weighted by molar-refractivity contribution is -0.140. The van der Waals surface area contributed by atoms with Crippen molar-refractivity contribution in [2.24, 2.45) is 11.8 Å². The summed E-state index contributed by atoms with van der Waals surface area (Å²) in [5, 5.41) is 4.25. The number of hydrogen-bond acceptors (Lipinski definition) is 4. The Balaban J connectivity index is 2.44. The fraction of sp³-hybridized carbons (Fsp3) is 0.933. The maximum atomic E-state index is 11.2. The summed E-state index contributed by atoms with van der Waals surface area (Å²) in [6.07, 6.45) is 4.42. The zero-order chi connectivity index (χ0) is 14.3. The number of carbonyl (C=O) groups excluding carboxylic acids is 1. The van der Waals surface area contributed by atoms with Crippen LogP contribution in [0, 0.1) is 11.8 Å². The molecule has 3 nitrogen and oxygen atoms in total. The fourth-order valence-corrected chi connectivity index (χ4v) is 4.28. The van der Waals surface area contributed by atoms with E-state index in [-0.39, 0.29) is 5.97 Å². The second-order valence-electron chi connectivity index (χ2n) is 5.72. The minimum Gasteiger partial charge on any atom is -0.469 e. The maximum absolute atomic E-state index is 11.2. The minimum atomic E-state index is -0.0938. The van der Waals surface area contributed by atoms with Gasteiger partial charge in [-0.1, -0.05) is 20.8 Å². The zero-order valence-electron chi connectivity index (χ0n) is 12.8. The molecule has 1 saturated carbocycles. The van der Waals surface area contributed by atoms with E-state index in [1.165, 1.54) is 26.4 Å². The minimum absolute atomic E-state index is 0.0938. The quantitative estimate of drug-likeness (QED) is 0.730. The highest BCUT2D eigenvalue weighted by Crippen LogP contribution is 2.36. The zero-order valence-corrected chi connectivity index (χ0v) is 13.6. The SMILES string of the molecule is CCNC1CCC(C(C)C)CC1SCCC(=O)OC. The number of esters is 1. The lowest BCUT2D eigenvalue weighted by atomic mass is 9.79. The summed E-state index contributed by atoms with van der Waals surface area (Å²) in [6.45, 7) is 7.86. The second-order valence-corrected chi connectivity index (χ2v) is 7.06. The summed E-state index contributed by atoms with van der Waals surface area (Å²) in [7, 11) is 1.46. The first kappa shape index (κ1) is 16.8. The average Bonchev–Trinajstić information content (AvgIpc) is 2.40. The molecule has 0 bridgehead atoms. The number of hydrogen-bond donors (Lipinski definition) is 1. The van der Waals surface area contributed by atoms with E-state index in [0.717, 1.165) is 24.1 Å². The van der Waals surface area contributed by atoms with Gasteiger partial charge in [-0.15, -0.1) is 0 Å². The predicted molar refractivity (Wildman–Crippen MR) is 82.5 cm³/mol. The van der Waals surface area contributed by atoms with E-state index in [2.05, 4.69) is 26.1 Å². The first-order chi connectivity index (χ1) is 9.08. The molecular weight excluding hydrogens is 258 g/mol. The fourth-order valence-electron chi connectivity index (χ4n) is 2.84. The molecule has 0 aromatic heterocycles. The van der Waals surface area contributed by atoms with E-state index in [4.69, 9.17) is 4.74 Å². The van der Waals surface area contributed by atoms with Gasteiger partial charge in [-0.2, -0.15) is 11.8 Å². The molecule has 0 aromatic rings. The molecule has 0 saturated heterocycles. The molecule has 0 aromatic carbocycles. The first-order valence-corrected chi connectivity index (χ1v) is 8.55. The van der Waals surface area contributed by atoms with Crippen LogP contribution in [0.25, 0.3) is 0 Å². The molecule has 0 heterocycles. The molecular formula is C15H29NO2S. The molecule has 0 radical (unpaired) electrons. The van der Waals surface area contributed by atoms with Gasteiger partial charge in [-0.25, -0.2) is 0 Å². The summed E-state index contributed by atoms with van der Waals surface area (Å²) < 4.78 is 4.71. The number of carbonyl (C=O) groups is 1. The number of ether oxygens (including phenoxy) is 1. The molecule has 112 valence electrons. The van der Waals surface area contributed by atoms with Gasteiger partial charge in [0.1, 0.15) is 0 Å². The molecule has 0 spiro atoms. The second kappa shape index (κ2) is 8.85. The first-order valence-electron chi connectivity index (χ1n) is 7.50. The molecule has 4 heteroatoms. The van der Waals surface area contributed by atoms with Gasteiger partial charge >= 0.3 is 5.97 Å². The van der Waals surface area contributed by atoms with Crippen molar-refractivity contribution < 1.29 is 9.53 Å². The van der Waals surface area contributed by atoms with Crippen LogP contribution in [0.1, 0.15) is 46.5 Å². The number of nitrogens with one attached hydrogen (secondary N) is 1. The molecule has 1 N–H and O–H groups in total. The number of thioether (sulfide) groups is 1. The highest BCUT2D eigenvalue weighted by atomic mass is 32.2. The van der Waals surface area contributed by atoms with Crippen molar-refractivity contribution in [1.82, 2.24) is 5.32 Å². The van der Waals surface area contributed by atoms with Crippen LogP contribution in [0.5, 0.6) is 0 Å². The highest BCUT2D eigenvalue weighted by molar-refractivity contribution is 7.99. The van der Waals surface area contributed by atoms with Gasteiger partial charge in [-0.3, -0.25) is 4.79 Å². The summed E-state index contributed by atoms with van der Waals surface area (Å²) in [5.41, 5.74) is 0. The van der Waals surface area contributed by atoms with E-state index in [9.17, 15) is 4.79 Å². The summed E-state index contributed by atoms with van der Waals surface area (Å²) >= 11 is 1.95. The Kier molecular flexibility index (Phi) is 7.84. The summed E-state index contributed by atoms with van der Waals surface area (Å²) in [5.74, 6) is 2.39. The van der Waals surface area contributed by atoms with Gasteiger partial charge < -0.3 is 10.1 Å².